The molecule has 2 rings (SSSR count). The van der Waals surface area contributed by atoms with Crippen LogP contribution in [0.5, 0.6) is 0 Å². The fraction of sp³-hybridized carbons (Fsp3) is 0.538. The van der Waals surface area contributed by atoms with Crippen molar-refractivity contribution in [3.8, 4) is 6.07 Å². The predicted molar refractivity (Wildman–Crippen MR) is 59.6 cm³/mol. The molecular formula is C13H15FN2. The van der Waals surface area contributed by atoms with Crippen LogP contribution in [0.2, 0.25) is 0 Å². The fourth-order valence-corrected chi connectivity index (χ4v) is 2.28. The van der Waals surface area contributed by atoms with Crippen molar-refractivity contribution in [2.45, 2.75) is 44.2 Å². The van der Waals surface area contributed by atoms with Gasteiger partial charge in [-0.3, -0.25) is 4.98 Å². The summed E-state index contributed by atoms with van der Waals surface area (Å²) in [5.74, 6) is 0. The van der Waals surface area contributed by atoms with Crippen LogP contribution in [0, 0.1) is 11.3 Å². The highest BCUT2D eigenvalue weighted by atomic mass is 19.1. The minimum atomic E-state index is -1.07. The topological polar surface area (TPSA) is 36.7 Å². The van der Waals surface area contributed by atoms with E-state index in [1.165, 1.54) is 6.20 Å². The van der Waals surface area contributed by atoms with Gasteiger partial charge in [-0.05, 0) is 25.0 Å². The van der Waals surface area contributed by atoms with E-state index in [4.69, 9.17) is 5.26 Å². The van der Waals surface area contributed by atoms with Crippen LogP contribution >= 0.6 is 0 Å². The summed E-state index contributed by atoms with van der Waals surface area (Å²) in [6.45, 7) is 0. The molecule has 0 radical (unpaired) electrons. The van der Waals surface area contributed by atoms with Crippen molar-refractivity contribution in [2.24, 2.45) is 0 Å². The molecule has 2 nitrogen and oxygen atoms in total. The number of pyridine rings is 1. The summed E-state index contributed by atoms with van der Waals surface area (Å²) >= 11 is 0. The Bertz CT molecular complexity index is 385. The second-order valence-electron chi connectivity index (χ2n) is 4.54. The third-order valence-electron chi connectivity index (χ3n) is 3.20. The molecule has 1 aliphatic carbocycles. The van der Waals surface area contributed by atoms with Gasteiger partial charge in [-0.15, -0.1) is 0 Å². The Kier molecular flexibility index (Phi) is 3.19. The minimum Gasteiger partial charge on any atom is -0.260 e. The van der Waals surface area contributed by atoms with Gasteiger partial charge in [0.15, 0.2) is 0 Å². The van der Waals surface area contributed by atoms with Crippen LogP contribution in [0.15, 0.2) is 18.3 Å². The van der Waals surface area contributed by atoms with Crippen molar-refractivity contribution in [3.05, 3.63) is 29.6 Å². The highest BCUT2D eigenvalue weighted by Gasteiger charge is 2.32. The molecule has 1 aromatic heterocycles. The van der Waals surface area contributed by atoms with Gasteiger partial charge in [-0.25, -0.2) is 4.39 Å². The lowest BCUT2D eigenvalue weighted by atomic mass is 9.83. The zero-order valence-electron chi connectivity index (χ0n) is 9.25. The van der Waals surface area contributed by atoms with Crippen LogP contribution in [0.4, 0.5) is 4.39 Å². The van der Waals surface area contributed by atoms with Crippen LogP contribution in [-0.4, -0.2) is 10.7 Å². The molecule has 84 valence electrons. The zero-order valence-corrected chi connectivity index (χ0v) is 9.25. The SMILES string of the molecule is N#Cc1ccc(CC2(F)CCCCC2)nc1. The maximum absolute atomic E-state index is 14.3. The Morgan fingerprint density at radius 2 is 2.06 bits per heavy atom. The lowest BCUT2D eigenvalue weighted by Crippen LogP contribution is -2.29. The molecule has 1 aliphatic rings. The van der Waals surface area contributed by atoms with Crippen molar-refractivity contribution < 1.29 is 4.39 Å². The Morgan fingerprint density at radius 3 is 2.62 bits per heavy atom. The second kappa shape index (κ2) is 4.61. The number of alkyl halides is 1. The van der Waals surface area contributed by atoms with E-state index in [1.807, 2.05) is 6.07 Å². The summed E-state index contributed by atoms with van der Waals surface area (Å²) in [5, 5.41) is 8.64. The number of aromatic nitrogens is 1. The van der Waals surface area contributed by atoms with E-state index >= 15 is 0 Å². The van der Waals surface area contributed by atoms with E-state index in [2.05, 4.69) is 4.98 Å². The Labute approximate surface area is 95.1 Å². The normalized spacial score (nSPS) is 19.0. The zero-order chi connectivity index (χ0) is 11.4. The molecule has 0 bridgehead atoms. The predicted octanol–water partition coefficient (Wildman–Crippen LogP) is 3.17. The van der Waals surface area contributed by atoms with Gasteiger partial charge in [0.1, 0.15) is 11.7 Å². The molecule has 0 atom stereocenters. The Balaban J connectivity index is 2.05. The molecule has 1 aromatic rings. The number of nitrogens with zero attached hydrogens (tertiary/aromatic N) is 2. The van der Waals surface area contributed by atoms with Gasteiger partial charge in [-0.2, -0.15) is 5.26 Å². The molecule has 3 heteroatoms. The van der Waals surface area contributed by atoms with E-state index in [9.17, 15) is 4.39 Å². The summed E-state index contributed by atoms with van der Waals surface area (Å²) < 4.78 is 14.3. The molecule has 0 saturated heterocycles. The first-order valence-electron chi connectivity index (χ1n) is 5.76. The molecule has 0 aliphatic heterocycles. The van der Waals surface area contributed by atoms with Crippen LogP contribution in [0.25, 0.3) is 0 Å². The monoisotopic (exact) mass is 218 g/mol. The molecule has 16 heavy (non-hydrogen) atoms. The molecule has 0 aromatic carbocycles. The first-order valence-corrected chi connectivity index (χ1v) is 5.76. The lowest BCUT2D eigenvalue weighted by Gasteiger charge is -2.29. The third kappa shape index (κ3) is 2.57. The van der Waals surface area contributed by atoms with Crippen LogP contribution < -0.4 is 0 Å². The van der Waals surface area contributed by atoms with E-state index in [-0.39, 0.29) is 0 Å². The number of halogens is 1. The van der Waals surface area contributed by atoms with E-state index < -0.39 is 5.67 Å². The number of hydrogen-bond acceptors (Lipinski definition) is 2. The van der Waals surface area contributed by atoms with Crippen LogP contribution in [0.1, 0.15) is 43.4 Å². The van der Waals surface area contributed by atoms with Crippen LogP contribution in [0.3, 0.4) is 0 Å². The molecule has 0 spiro atoms. The van der Waals surface area contributed by atoms with Gasteiger partial charge < -0.3 is 0 Å². The number of rotatable bonds is 2. The maximum atomic E-state index is 14.3. The molecule has 1 heterocycles. The van der Waals surface area contributed by atoms with Crippen LogP contribution in [-0.2, 0) is 6.42 Å². The summed E-state index contributed by atoms with van der Waals surface area (Å²) in [5.41, 5.74) is 0.211. The van der Waals surface area contributed by atoms with Gasteiger partial charge in [-0.1, -0.05) is 19.3 Å². The number of hydrogen-bond donors (Lipinski definition) is 0. The summed E-state index contributed by atoms with van der Waals surface area (Å²) in [7, 11) is 0. The molecule has 1 saturated carbocycles. The quantitative estimate of drug-likeness (QED) is 0.764. The molecular weight excluding hydrogens is 203 g/mol. The summed E-state index contributed by atoms with van der Waals surface area (Å²) in [6, 6.07) is 5.47. The molecule has 1 fully saturated rings. The van der Waals surface area contributed by atoms with Crippen molar-refractivity contribution >= 4 is 0 Å². The van der Waals surface area contributed by atoms with Gasteiger partial charge >= 0.3 is 0 Å². The van der Waals surface area contributed by atoms with Gasteiger partial charge in [0.2, 0.25) is 0 Å². The largest absolute Gasteiger partial charge is 0.260 e. The van der Waals surface area contributed by atoms with Gasteiger partial charge in [0.25, 0.3) is 0 Å². The van der Waals surface area contributed by atoms with Crippen molar-refractivity contribution in [2.75, 3.05) is 0 Å². The maximum Gasteiger partial charge on any atom is 0.116 e. The highest BCUT2D eigenvalue weighted by Crippen LogP contribution is 2.34. The van der Waals surface area contributed by atoms with Gasteiger partial charge in [0.05, 0.1) is 5.56 Å². The standard InChI is InChI=1S/C13H15FN2/c14-13(6-2-1-3-7-13)8-12-5-4-11(9-15)10-16-12/h4-5,10H,1-3,6-8H2. The fourth-order valence-electron chi connectivity index (χ4n) is 2.28. The van der Waals surface area contributed by atoms with Gasteiger partial charge in [0, 0.05) is 18.3 Å². The minimum absolute atomic E-state index is 0.388. The van der Waals surface area contributed by atoms with E-state index in [0.29, 0.717) is 24.8 Å². The van der Waals surface area contributed by atoms with Crippen molar-refractivity contribution in [3.63, 3.8) is 0 Å². The molecule has 0 amide bonds. The van der Waals surface area contributed by atoms with E-state index in [0.717, 1.165) is 25.0 Å². The smallest absolute Gasteiger partial charge is 0.116 e. The first-order chi connectivity index (χ1) is 7.72. The van der Waals surface area contributed by atoms with Crippen molar-refractivity contribution in [1.29, 1.82) is 5.26 Å². The first kappa shape index (κ1) is 11.1. The second-order valence-corrected chi connectivity index (χ2v) is 4.54. The highest BCUT2D eigenvalue weighted by molar-refractivity contribution is 5.26. The molecule has 0 N–H and O–H groups in total. The van der Waals surface area contributed by atoms with Crippen molar-refractivity contribution in [1.82, 2.24) is 4.98 Å². The summed E-state index contributed by atoms with van der Waals surface area (Å²) in [6.07, 6.45) is 6.30. The summed E-state index contributed by atoms with van der Waals surface area (Å²) in [4.78, 5) is 4.13. The third-order valence-corrected chi connectivity index (χ3v) is 3.20. The lowest BCUT2D eigenvalue weighted by molar-refractivity contribution is 0.106. The molecule has 0 unspecified atom stereocenters. The average molecular weight is 218 g/mol. The number of nitriles is 1. The Hall–Kier alpha value is -1.43. The Morgan fingerprint density at radius 1 is 1.31 bits per heavy atom. The average Bonchev–Trinajstić information content (AvgIpc) is 2.30. The van der Waals surface area contributed by atoms with E-state index in [1.54, 1.807) is 12.1 Å².